The standard InChI is InChI=1S/C9H6ClNO/c1-2-8(12)6-7-4-3-5-9(10)11-7/h1,3-5H,6H2. The van der Waals surface area contributed by atoms with E-state index in [0.29, 0.717) is 10.8 Å². The molecule has 3 heteroatoms. The van der Waals surface area contributed by atoms with Crippen LogP contribution in [0.3, 0.4) is 0 Å². The highest BCUT2D eigenvalue weighted by molar-refractivity contribution is 6.29. The maximum Gasteiger partial charge on any atom is 0.211 e. The minimum absolute atomic E-state index is 0.150. The summed E-state index contributed by atoms with van der Waals surface area (Å²) in [5, 5.41) is 0.373. The summed E-state index contributed by atoms with van der Waals surface area (Å²) in [6.07, 6.45) is 5.05. The predicted octanol–water partition coefficient (Wildman–Crippen LogP) is 1.48. The summed E-state index contributed by atoms with van der Waals surface area (Å²) >= 11 is 5.60. The number of hydrogen-bond donors (Lipinski definition) is 0. The zero-order valence-electron chi connectivity index (χ0n) is 6.25. The van der Waals surface area contributed by atoms with Crippen molar-refractivity contribution >= 4 is 17.4 Å². The second kappa shape index (κ2) is 3.89. The Bertz CT molecular complexity index is 341. The molecule has 0 saturated heterocycles. The fourth-order valence-corrected chi connectivity index (χ4v) is 0.946. The summed E-state index contributed by atoms with van der Waals surface area (Å²) in [5.41, 5.74) is 0.602. The quantitative estimate of drug-likeness (QED) is 0.391. The van der Waals surface area contributed by atoms with Gasteiger partial charge in [0.2, 0.25) is 5.78 Å². The Hall–Kier alpha value is -1.33. The van der Waals surface area contributed by atoms with Crippen LogP contribution >= 0.6 is 11.6 Å². The molecule has 0 aliphatic rings. The molecule has 12 heavy (non-hydrogen) atoms. The van der Waals surface area contributed by atoms with E-state index in [-0.39, 0.29) is 12.2 Å². The van der Waals surface area contributed by atoms with Gasteiger partial charge in [-0.2, -0.15) is 0 Å². The Morgan fingerprint density at radius 1 is 1.67 bits per heavy atom. The van der Waals surface area contributed by atoms with Crippen LogP contribution in [0.1, 0.15) is 5.69 Å². The van der Waals surface area contributed by atoms with E-state index in [4.69, 9.17) is 18.0 Å². The first-order chi connectivity index (χ1) is 5.72. The second-order valence-electron chi connectivity index (χ2n) is 2.20. The lowest BCUT2D eigenvalue weighted by Crippen LogP contribution is -2.00. The summed E-state index contributed by atoms with van der Waals surface area (Å²) in [7, 11) is 0. The number of Topliss-reactive ketones (excluding diaryl/α,β-unsaturated/α-hetero) is 1. The predicted molar refractivity (Wildman–Crippen MR) is 46.8 cm³/mol. The highest BCUT2D eigenvalue weighted by atomic mass is 35.5. The molecule has 0 saturated carbocycles. The molecule has 1 aromatic rings. The van der Waals surface area contributed by atoms with Crippen molar-refractivity contribution in [3.63, 3.8) is 0 Å². The van der Waals surface area contributed by atoms with E-state index >= 15 is 0 Å². The smallest absolute Gasteiger partial charge is 0.211 e. The third-order valence-electron chi connectivity index (χ3n) is 1.28. The summed E-state index contributed by atoms with van der Waals surface area (Å²) < 4.78 is 0. The molecule has 0 aliphatic carbocycles. The second-order valence-corrected chi connectivity index (χ2v) is 2.58. The van der Waals surface area contributed by atoms with Crippen molar-refractivity contribution in [2.45, 2.75) is 6.42 Å². The molecule has 0 spiro atoms. The Morgan fingerprint density at radius 3 is 3.00 bits per heavy atom. The highest BCUT2D eigenvalue weighted by Crippen LogP contribution is 2.05. The number of halogens is 1. The van der Waals surface area contributed by atoms with E-state index < -0.39 is 0 Å². The first-order valence-corrected chi connectivity index (χ1v) is 3.71. The molecule has 60 valence electrons. The van der Waals surface area contributed by atoms with Crippen LogP contribution in [0.4, 0.5) is 0 Å². The van der Waals surface area contributed by atoms with Gasteiger partial charge < -0.3 is 0 Å². The van der Waals surface area contributed by atoms with Crippen molar-refractivity contribution in [1.82, 2.24) is 4.98 Å². The Labute approximate surface area is 75.6 Å². The number of pyridine rings is 1. The minimum Gasteiger partial charge on any atom is -0.284 e. The van der Waals surface area contributed by atoms with Gasteiger partial charge in [0.25, 0.3) is 0 Å². The number of aromatic nitrogens is 1. The molecule has 1 heterocycles. The molecular formula is C9H6ClNO. The average molecular weight is 180 g/mol. The molecule has 0 fully saturated rings. The van der Waals surface area contributed by atoms with Crippen LogP contribution in [0.25, 0.3) is 0 Å². The number of terminal acetylenes is 1. The first-order valence-electron chi connectivity index (χ1n) is 3.33. The van der Waals surface area contributed by atoms with Crippen LogP contribution in [0, 0.1) is 12.3 Å². The number of ketones is 1. The van der Waals surface area contributed by atoms with Crippen LogP contribution in [0.5, 0.6) is 0 Å². The van der Waals surface area contributed by atoms with E-state index in [2.05, 4.69) is 4.98 Å². The van der Waals surface area contributed by atoms with Gasteiger partial charge in [-0.1, -0.05) is 17.7 Å². The zero-order valence-corrected chi connectivity index (χ0v) is 7.01. The molecule has 1 aromatic heterocycles. The zero-order chi connectivity index (χ0) is 8.97. The average Bonchev–Trinajstić information content (AvgIpc) is 2.04. The van der Waals surface area contributed by atoms with Gasteiger partial charge in [0.15, 0.2) is 0 Å². The van der Waals surface area contributed by atoms with Crippen molar-refractivity contribution in [2.75, 3.05) is 0 Å². The Kier molecular flexibility index (Phi) is 2.84. The van der Waals surface area contributed by atoms with Crippen molar-refractivity contribution in [2.24, 2.45) is 0 Å². The molecule has 0 amide bonds. The molecule has 0 N–H and O–H groups in total. The number of carbonyl (C=O) groups excluding carboxylic acids is 1. The van der Waals surface area contributed by atoms with Crippen molar-refractivity contribution in [3.8, 4) is 12.3 Å². The van der Waals surface area contributed by atoms with Crippen LogP contribution in [0.2, 0.25) is 5.15 Å². The number of nitrogens with zero attached hydrogens (tertiary/aromatic N) is 1. The van der Waals surface area contributed by atoms with Gasteiger partial charge in [0, 0.05) is 0 Å². The molecule has 0 unspecified atom stereocenters. The van der Waals surface area contributed by atoms with Crippen LogP contribution < -0.4 is 0 Å². The van der Waals surface area contributed by atoms with Gasteiger partial charge in [-0.15, -0.1) is 6.42 Å². The number of rotatable bonds is 2. The van der Waals surface area contributed by atoms with Gasteiger partial charge in [0.1, 0.15) is 5.15 Å². The number of hydrogen-bond acceptors (Lipinski definition) is 2. The molecule has 0 bridgehead atoms. The van der Waals surface area contributed by atoms with Crippen molar-refractivity contribution in [3.05, 3.63) is 29.0 Å². The lowest BCUT2D eigenvalue weighted by Gasteiger charge is -1.95. The normalized spacial score (nSPS) is 9.00. The molecule has 0 aliphatic heterocycles. The van der Waals surface area contributed by atoms with Gasteiger partial charge in [-0.05, 0) is 18.1 Å². The van der Waals surface area contributed by atoms with Crippen molar-refractivity contribution in [1.29, 1.82) is 0 Å². The van der Waals surface area contributed by atoms with E-state index in [9.17, 15) is 4.79 Å². The largest absolute Gasteiger partial charge is 0.284 e. The molecule has 0 radical (unpaired) electrons. The van der Waals surface area contributed by atoms with Crippen molar-refractivity contribution < 1.29 is 4.79 Å². The molecule has 1 rings (SSSR count). The molecule has 0 aromatic carbocycles. The maximum absolute atomic E-state index is 10.8. The van der Waals surface area contributed by atoms with Gasteiger partial charge in [-0.25, -0.2) is 4.98 Å². The Morgan fingerprint density at radius 2 is 2.42 bits per heavy atom. The monoisotopic (exact) mass is 179 g/mol. The lowest BCUT2D eigenvalue weighted by molar-refractivity contribution is -0.113. The SMILES string of the molecule is C#CC(=O)Cc1cccc(Cl)n1. The highest BCUT2D eigenvalue weighted by Gasteiger charge is 2.00. The summed E-state index contributed by atoms with van der Waals surface area (Å²) in [5.74, 6) is 1.72. The Balaban J connectivity index is 2.78. The van der Waals surface area contributed by atoms with Crippen LogP contribution in [-0.2, 0) is 11.2 Å². The van der Waals surface area contributed by atoms with E-state index in [1.807, 2.05) is 5.92 Å². The third-order valence-corrected chi connectivity index (χ3v) is 1.49. The van der Waals surface area contributed by atoms with Crippen LogP contribution in [0.15, 0.2) is 18.2 Å². The van der Waals surface area contributed by atoms with E-state index in [1.165, 1.54) is 0 Å². The minimum atomic E-state index is -0.287. The van der Waals surface area contributed by atoms with Gasteiger partial charge in [0.05, 0.1) is 12.1 Å². The lowest BCUT2D eigenvalue weighted by atomic mass is 10.2. The molecule has 0 atom stereocenters. The fourth-order valence-electron chi connectivity index (χ4n) is 0.764. The van der Waals surface area contributed by atoms with Gasteiger partial charge >= 0.3 is 0 Å². The van der Waals surface area contributed by atoms with Crippen LogP contribution in [-0.4, -0.2) is 10.8 Å². The summed E-state index contributed by atoms with van der Waals surface area (Å²) in [6, 6.07) is 5.08. The van der Waals surface area contributed by atoms with Gasteiger partial charge in [-0.3, -0.25) is 4.79 Å². The fraction of sp³-hybridized carbons (Fsp3) is 0.111. The first kappa shape index (κ1) is 8.76. The third kappa shape index (κ3) is 2.37. The number of carbonyl (C=O) groups is 1. The summed E-state index contributed by atoms with van der Waals surface area (Å²) in [4.78, 5) is 14.7. The molecular weight excluding hydrogens is 174 g/mol. The van der Waals surface area contributed by atoms with E-state index in [0.717, 1.165) is 0 Å². The maximum atomic E-state index is 10.8. The summed E-state index contributed by atoms with van der Waals surface area (Å²) in [6.45, 7) is 0. The van der Waals surface area contributed by atoms with E-state index in [1.54, 1.807) is 18.2 Å². The topological polar surface area (TPSA) is 30.0 Å². The molecule has 2 nitrogen and oxygen atoms in total.